The van der Waals surface area contributed by atoms with Crippen molar-refractivity contribution < 1.29 is 4.74 Å². The second-order valence-corrected chi connectivity index (χ2v) is 4.04. The van der Waals surface area contributed by atoms with Gasteiger partial charge in [0.15, 0.2) is 0 Å². The predicted octanol–water partition coefficient (Wildman–Crippen LogP) is 3.54. The summed E-state index contributed by atoms with van der Waals surface area (Å²) in [6.07, 6.45) is 1.77. The molecule has 0 radical (unpaired) electrons. The van der Waals surface area contributed by atoms with Crippen molar-refractivity contribution in [1.29, 1.82) is 0 Å². The number of para-hydroxylation sites is 1. The Morgan fingerprint density at radius 2 is 2.00 bits per heavy atom. The lowest BCUT2D eigenvalue weighted by atomic mass is 10.2. The predicted molar refractivity (Wildman–Crippen MR) is 73.8 cm³/mol. The molecule has 0 N–H and O–H groups in total. The maximum Gasteiger partial charge on any atom is 0.147 e. The summed E-state index contributed by atoms with van der Waals surface area (Å²) in [6.45, 7) is 3.96. The van der Waals surface area contributed by atoms with E-state index in [4.69, 9.17) is 4.74 Å². The van der Waals surface area contributed by atoms with Crippen LogP contribution in [0.1, 0.15) is 18.2 Å². The minimum Gasteiger partial charge on any atom is -0.494 e. The maximum absolute atomic E-state index is 5.39. The van der Waals surface area contributed by atoms with Crippen LogP contribution in [0.15, 0.2) is 47.6 Å². The van der Waals surface area contributed by atoms with Gasteiger partial charge in [0.1, 0.15) is 11.4 Å². The van der Waals surface area contributed by atoms with Crippen molar-refractivity contribution >= 4 is 11.4 Å². The molecule has 1 heterocycles. The Bertz CT molecular complexity index is 562. The van der Waals surface area contributed by atoms with E-state index in [1.807, 2.05) is 50.2 Å². The fraction of sp³-hybridized carbons (Fsp3) is 0.200. The van der Waals surface area contributed by atoms with E-state index >= 15 is 0 Å². The van der Waals surface area contributed by atoms with E-state index in [2.05, 4.69) is 9.98 Å². The number of rotatable bonds is 3. The van der Waals surface area contributed by atoms with Crippen molar-refractivity contribution in [2.24, 2.45) is 4.99 Å². The molecule has 1 aromatic heterocycles. The number of ether oxygens (including phenoxy) is 1. The van der Waals surface area contributed by atoms with Gasteiger partial charge in [-0.2, -0.15) is 0 Å². The number of benzene rings is 1. The van der Waals surface area contributed by atoms with Crippen LogP contribution in [-0.4, -0.2) is 17.8 Å². The highest BCUT2D eigenvalue weighted by Crippen LogP contribution is 2.30. The van der Waals surface area contributed by atoms with Crippen LogP contribution in [0.25, 0.3) is 0 Å². The molecule has 3 heteroatoms. The molecule has 0 aliphatic heterocycles. The van der Waals surface area contributed by atoms with Crippen LogP contribution in [-0.2, 0) is 0 Å². The SMILES string of the molecule is COc1c(C)cccc1N=C(C)c1ccccn1. The second kappa shape index (κ2) is 5.45. The molecule has 92 valence electrons. The van der Waals surface area contributed by atoms with Crippen LogP contribution in [0.4, 0.5) is 5.69 Å². The molecule has 0 spiro atoms. The zero-order valence-electron chi connectivity index (χ0n) is 10.8. The number of methoxy groups -OCH3 is 1. The number of hydrogen-bond acceptors (Lipinski definition) is 3. The van der Waals surface area contributed by atoms with E-state index in [0.717, 1.165) is 28.4 Å². The standard InChI is InChI=1S/C15H16N2O/c1-11-7-6-9-14(15(11)18-3)17-12(2)13-8-4-5-10-16-13/h4-10H,1-3H3. The number of aliphatic imine (C=N–C) groups is 1. The van der Waals surface area contributed by atoms with Gasteiger partial charge in [-0.05, 0) is 37.6 Å². The molecule has 0 saturated carbocycles. The summed E-state index contributed by atoms with van der Waals surface area (Å²) in [5.74, 6) is 0.813. The Kier molecular flexibility index (Phi) is 3.72. The highest BCUT2D eigenvalue weighted by atomic mass is 16.5. The lowest BCUT2D eigenvalue weighted by Crippen LogP contribution is -1.97. The number of aryl methyl sites for hydroxylation is 1. The third kappa shape index (κ3) is 2.56. The molecular weight excluding hydrogens is 224 g/mol. The Hall–Kier alpha value is -2.16. The van der Waals surface area contributed by atoms with Crippen LogP contribution in [0.5, 0.6) is 5.75 Å². The fourth-order valence-corrected chi connectivity index (χ4v) is 1.81. The van der Waals surface area contributed by atoms with E-state index in [0.29, 0.717) is 0 Å². The highest BCUT2D eigenvalue weighted by molar-refractivity contribution is 5.98. The summed E-state index contributed by atoms with van der Waals surface area (Å²) in [4.78, 5) is 8.87. The molecule has 2 aromatic rings. The molecule has 0 bridgehead atoms. The molecule has 2 rings (SSSR count). The average Bonchev–Trinajstić information content (AvgIpc) is 2.40. The summed E-state index contributed by atoms with van der Waals surface area (Å²) in [6, 6.07) is 11.7. The van der Waals surface area contributed by atoms with Gasteiger partial charge in [-0.1, -0.05) is 18.2 Å². The number of pyridine rings is 1. The average molecular weight is 240 g/mol. The largest absolute Gasteiger partial charge is 0.494 e. The van der Waals surface area contributed by atoms with Crippen LogP contribution in [0, 0.1) is 6.92 Å². The highest BCUT2D eigenvalue weighted by Gasteiger charge is 2.06. The molecular formula is C15H16N2O. The van der Waals surface area contributed by atoms with E-state index in [-0.39, 0.29) is 0 Å². The molecule has 0 unspecified atom stereocenters. The smallest absolute Gasteiger partial charge is 0.147 e. The van der Waals surface area contributed by atoms with Gasteiger partial charge in [0.2, 0.25) is 0 Å². The first kappa shape index (κ1) is 12.3. The van der Waals surface area contributed by atoms with Crippen molar-refractivity contribution in [3.05, 3.63) is 53.9 Å². The Labute approximate surface area is 107 Å². The molecule has 0 aliphatic rings. The molecule has 0 atom stereocenters. The number of hydrogen-bond donors (Lipinski definition) is 0. The van der Waals surface area contributed by atoms with Gasteiger partial charge in [0.05, 0.1) is 18.5 Å². The summed E-state index contributed by atoms with van der Waals surface area (Å²) in [7, 11) is 1.66. The zero-order valence-corrected chi connectivity index (χ0v) is 10.8. The quantitative estimate of drug-likeness (QED) is 0.769. The van der Waals surface area contributed by atoms with Gasteiger partial charge in [-0.3, -0.25) is 4.98 Å². The Morgan fingerprint density at radius 1 is 1.17 bits per heavy atom. The minimum absolute atomic E-state index is 0.813. The third-order valence-corrected chi connectivity index (χ3v) is 2.72. The van der Waals surface area contributed by atoms with E-state index < -0.39 is 0 Å². The van der Waals surface area contributed by atoms with Crippen LogP contribution < -0.4 is 4.74 Å². The lowest BCUT2D eigenvalue weighted by Gasteiger charge is -2.08. The van der Waals surface area contributed by atoms with Crippen molar-refractivity contribution in [3.63, 3.8) is 0 Å². The molecule has 0 saturated heterocycles. The summed E-state index contributed by atoms with van der Waals surface area (Å²) < 4.78 is 5.39. The summed E-state index contributed by atoms with van der Waals surface area (Å²) in [5, 5.41) is 0. The molecule has 0 amide bonds. The van der Waals surface area contributed by atoms with Crippen molar-refractivity contribution in [2.45, 2.75) is 13.8 Å². The van der Waals surface area contributed by atoms with Gasteiger partial charge >= 0.3 is 0 Å². The molecule has 0 fully saturated rings. The fourth-order valence-electron chi connectivity index (χ4n) is 1.81. The first-order chi connectivity index (χ1) is 8.72. The monoisotopic (exact) mass is 240 g/mol. The van der Waals surface area contributed by atoms with Gasteiger partial charge in [-0.25, -0.2) is 4.99 Å². The van der Waals surface area contributed by atoms with Crippen LogP contribution in [0.3, 0.4) is 0 Å². The Morgan fingerprint density at radius 3 is 2.67 bits per heavy atom. The lowest BCUT2D eigenvalue weighted by molar-refractivity contribution is 0.413. The third-order valence-electron chi connectivity index (χ3n) is 2.72. The molecule has 3 nitrogen and oxygen atoms in total. The maximum atomic E-state index is 5.39. The van der Waals surface area contributed by atoms with Gasteiger partial charge < -0.3 is 4.74 Å². The van der Waals surface area contributed by atoms with Crippen LogP contribution >= 0.6 is 0 Å². The minimum atomic E-state index is 0.813. The van der Waals surface area contributed by atoms with Crippen molar-refractivity contribution in [2.75, 3.05) is 7.11 Å². The molecule has 18 heavy (non-hydrogen) atoms. The summed E-state index contributed by atoms with van der Waals surface area (Å²) in [5.41, 5.74) is 3.66. The van der Waals surface area contributed by atoms with Gasteiger partial charge in [-0.15, -0.1) is 0 Å². The van der Waals surface area contributed by atoms with E-state index in [1.165, 1.54) is 0 Å². The van der Waals surface area contributed by atoms with E-state index in [1.54, 1.807) is 13.3 Å². The van der Waals surface area contributed by atoms with Crippen LogP contribution in [0.2, 0.25) is 0 Å². The topological polar surface area (TPSA) is 34.5 Å². The first-order valence-electron chi connectivity index (χ1n) is 5.82. The van der Waals surface area contributed by atoms with Crippen molar-refractivity contribution in [1.82, 2.24) is 4.98 Å². The number of nitrogens with zero attached hydrogens (tertiary/aromatic N) is 2. The molecule has 0 aliphatic carbocycles. The van der Waals surface area contributed by atoms with Crippen molar-refractivity contribution in [3.8, 4) is 5.75 Å². The number of aromatic nitrogens is 1. The second-order valence-electron chi connectivity index (χ2n) is 4.04. The normalized spacial score (nSPS) is 11.4. The Balaban J connectivity index is 2.42. The first-order valence-corrected chi connectivity index (χ1v) is 5.82. The summed E-state index contributed by atoms with van der Waals surface area (Å²) >= 11 is 0. The van der Waals surface area contributed by atoms with Gasteiger partial charge in [0.25, 0.3) is 0 Å². The molecule has 1 aromatic carbocycles. The zero-order chi connectivity index (χ0) is 13.0. The van der Waals surface area contributed by atoms with Gasteiger partial charge in [0, 0.05) is 6.20 Å². The van der Waals surface area contributed by atoms with E-state index in [9.17, 15) is 0 Å².